The van der Waals surface area contributed by atoms with Gasteiger partial charge in [-0.15, -0.1) is 0 Å². The molecular weight excluding hydrogens is 280 g/mol. The lowest BCUT2D eigenvalue weighted by Crippen LogP contribution is -2.40. The number of urea groups is 1. The molecule has 20 heavy (non-hydrogen) atoms. The zero-order chi connectivity index (χ0) is 14.6. The van der Waals surface area contributed by atoms with Crippen LogP contribution in [-0.2, 0) is 10.3 Å². The number of carbonyl (C=O) groups excluding carboxylic acids is 1. The largest absolute Gasteiger partial charge is 0.361 e. The summed E-state index contributed by atoms with van der Waals surface area (Å²) in [6.45, 7) is 0. The van der Waals surface area contributed by atoms with Crippen LogP contribution in [0.3, 0.4) is 0 Å². The maximum absolute atomic E-state index is 12.0. The Kier molecular flexibility index (Phi) is 4.02. The van der Waals surface area contributed by atoms with Crippen LogP contribution in [0.25, 0.3) is 0 Å². The molecule has 7 heteroatoms. The van der Waals surface area contributed by atoms with E-state index in [9.17, 15) is 13.2 Å². The molecule has 0 atom stereocenters. The second-order valence-electron chi connectivity index (χ2n) is 3.89. The Labute approximate surface area is 116 Å². The van der Waals surface area contributed by atoms with Crippen LogP contribution >= 0.6 is 0 Å². The molecule has 104 valence electrons. The second kappa shape index (κ2) is 5.72. The zero-order valence-corrected chi connectivity index (χ0v) is 11.1. The molecular formula is C13H12N2O4S. The van der Waals surface area contributed by atoms with Crippen LogP contribution in [0.15, 0.2) is 60.7 Å². The number of hydrogen-bond acceptors (Lipinski definition) is 3. The predicted octanol–water partition coefficient (Wildman–Crippen LogP) is 2.34. The Morgan fingerprint density at radius 1 is 0.900 bits per heavy atom. The average molecular weight is 292 g/mol. The van der Waals surface area contributed by atoms with Gasteiger partial charge in [-0.25, -0.2) is 9.52 Å². The Morgan fingerprint density at radius 3 is 1.65 bits per heavy atom. The Morgan fingerprint density at radius 2 is 1.30 bits per heavy atom. The van der Waals surface area contributed by atoms with Crippen LogP contribution in [0.5, 0.6) is 0 Å². The number of anilines is 2. The van der Waals surface area contributed by atoms with Gasteiger partial charge >= 0.3 is 16.3 Å². The van der Waals surface area contributed by atoms with Crippen molar-refractivity contribution < 1.29 is 17.8 Å². The minimum Gasteiger partial charge on any atom is -0.269 e. The van der Waals surface area contributed by atoms with Crippen LogP contribution in [0.1, 0.15) is 0 Å². The first-order valence-electron chi connectivity index (χ1n) is 5.67. The smallest absolute Gasteiger partial charge is 0.269 e. The van der Waals surface area contributed by atoms with Gasteiger partial charge in [0, 0.05) is 0 Å². The topological polar surface area (TPSA) is 86.7 Å². The summed E-state index contributed by atoms with van der Waals surface area (Å²) in [6, 6.07) is 16.0. The van der Waals surface area contributed by atoms with Crippen molar-refractivity contribution in [2.24, 2.45) is 0 Å². The fraction of sp³-hybridized carbons (Fsp3) is 0. The first-order chi connectivity index (χ1) is 9.47. The lowest BCUT2D eigenvalue weighted by Gasteiger charge is -2.22. The van der Waals surface area contributed by atoms with E-state index in [1.807, 2.05) is 0 Å². The molecule has 0 fully saturated rings. The molecule has 0 unspecified atom stereocenters. The zero-order valence-electron chi connectivity index (χ0n) is 10.3. The Hall–Kier alpha value is -2.38. The molecule has 2 amide bonds. The third kappa shape index (κ3) is 3.56. The van der Waals surface area contributed by atoms with Crippen LogP contribution in [0.4, 0.5) is 16.2 Å². The van der Waals surface area contributed by atoms with E-state index in [0.717, 1.165) is 4.90 Å². The molecule has 2 aromatic carbocycles. The van der Waals surface area contributed by atoms with Crippen molar-refractivity contribution in [2.75, 3.05) is 4.90 Å². The van der Waals surface area contributed by atoms with Gasteiger partial charge in [-0.2, -0.15) is 8.42 Å². The third-order valence-corrected chi connectivity index (χ3v) is 2.88. The molecule has 0 aliphatic rings. The molecule has 0 saturated carbocycles. The standard InChI is InChI=1S/C13H12N2O4S/c16-13(14-20(17,18)19)15(11-7-3-1-4-8-11)12-9-5-2-6-10-12/h1-10H,(H,14,16)(H,17,18,19). The molecule has 0 heterocycles. The summed E-state index contributed by atoms with van der Waals surface area (Å²) in [5.41, 5.74) is 0.944. The summed E-state index contributed by atoms with van der Waals surface area (Å²) in [5.74, 6) is 0. The summed E-state index contributed by atoms with van der Waals surface area (Å²) in [6.07, 6.45) is 0. The molecule has 2 rings (SSSR count). The molecule has 2 N–H and O–H groups in total. The fourth-order valence-electron chi connectivity index (χ4n) is 1.69. The number of nitrogens with one attached hydrogen (secondary N) is 1. The normalized spacial score (nSPS) is 10.8. The van der Waals surface area contributed by atoms with E-state index < -0.39 is 16.3 Å². The highest BCUT2D eigenvalue weighted by Gasteiger charge is 2.21. The van der Waals surface area contributed by atoms with Crippen molar-refractivity contribution in [2.45, 2.75) is 0 Å². The van der Waals surface area contributed by atoms with E-state index in [2.05, 4.69) is 0 Å². The summed E-state index contributed by atoms with van der Waals surface area (Å²) in [5, 5.41) is 0. The number of rotatable bonds is 3. The van der Waals surface area contributed by atoms with Gasteiger partial charge in [0.2, 0.25) is 0 Å². The lowest BCUT2D eigenvalue weighted by atomic mass is 10.2. The molecule has 0 saturated heterocycles. The van der Waals surface area contributed by atoms with Crippen molar-refractivity contribution >= 4 is 27.7 Å². The van der Waals surface area contributed by atoms with E-state index >= 15 is 0 Å². The van der Waals surface area contributed by atoms with Crippen molar-refractivity contribution in [3.05, 3.63) is 60.7 Å². The minimum atomic E-state index is -4.63. The van der Waals surface area contributed by atoms with Crippen molar-refractivity contribution in [1.82, 2.24) is 4.72 Å². The van der Waals surface area contributed by atoms with Crippen molar-refractivity contribution in [3.63, 3.8) is 0 Å². The van der Waals surface area contributed by atoms with E-state index in [-0.39, 0.29) is 0 Å². The molecule has 2 aromatic rings. The highest BCUT2D eigenvalue weighted by molar-refractivity contribution is 7.84. The highest BCUT2D eigenvalue weighted by atomic mass is 32.2. The number of benzene rings is 2. The Balaban J connectivity index is 2.43. The van der Waals surface area contributed by atoms with E-state index in [0.29, 0.717) is 11.4 Å². The summed E-state index contributed by atoms with van der Waals surface area (Å²) in [7, 11) is -4.63. The third-order valence-electron chi connectivity index (χ3n) is 2.45. The van der Waals surface area contributed by atoms with E-state index in [1.54, 1.807) is 60.7 Å². The van der Waals surface area contributed by atoms with Crippen LogP contribution < -0.4 is 9.62 Å². The van der Waals surface area contributed by atoms with E-state index in [1.165, 1.54) is 4.72 Å². The first kappa shape index (κ1) is 14.0. The lowest BCUT2D eigenvalue weighted by molar-refractivity contribution is 0.252. The summed E-state index contributed by atoms with van der Waals surface area (Å²) >= 11 is 0. The van der Waals surface area contributed by atoms with Gasteiger partial charge in [-0.1, -0.05) is 36.4 Å². The quantitative estimate of drug-likeness (QED) is 0.850. The van der Waals surface area contributed by atoms with Crippen molar-refractivity contribution in [1.29, 1.82) is 0 Å². The SMILES string of the molecule is O=C(NS(=O)(=O)O)N(c1ccccc1)c1ccccc1. The summed E-state index contributed by atoms with van der Waals surface area (Å²) < 4.78 is 31.9. The number of amides is 2. The van der Waals surface area contributed by atoms with Gasteiger partial charge in [0.15, 0.2) is 0 Å². The van der Waals surface area contributed by atoms with Gasteiger partial charge in [-0.3, -0.25) is 9.45 Å². The molecule has 0 aliphatic heterocycles. The molecule has 0 aliphatic carbocycles. The van der Waals surface area contributed by atoms with Gasteiger partial charge in [0.05, 0.1) is 11.4 Å². The highest BCUT2D eigenvalue weighted by Crippen LogP contribution is 2.24. The first-order valence-corrected chi connectivity index (χ1v) is 7.11. The van der Waals surface area contributed by atoms with Gasteiger partial charge in [0.25, 0.3) is 0 Å². The second-order valence-corrected chi connectivity index (χ2v) is 5.04. The monoisotopic (exact) mass is 292 g/mol. The van der Waals surface area contributed by atoms with E-state index in [4.69, 9.17) is 4.55 Å². The molecule has 0 bridgehead atoms. The van der Waals surface area contributed by atoms with Gasteiger partial charge < -0.3 is 0 Å². The summed E-state index contributed by atoms with van der Waals surface area (Å²) in [4.78, 5) is 13.2. The van der Waals surface area contributed by atoms with Gasteiger partial charge in [-0.05, 0) is 24.3 Å². The number of nitrogens with zero attached hydrogens (tertiary/aromatic N) is 1. The minimum absolute atomic E-state index is 0.472. The number of carbonyl (C=O) groups is 1. The molecule has 0 radical (unpaired) electrons. The van der Waals surface area contributed by atoms with Gasteiger partial charge in [0.1, 0.15) is 0 Å². The van der Waals surface area contributed by atoms with Crippen LogP contribution in [0.2, 0.25) is 0 Å². The predicted molar refractivity (Wildman–Crippen MR) is 75.1 cm³/mol. The van der Waals surface area contributed by atoms with Crippen LogP contribution in [0, 0.1) is 0 Å². The molecule has 0 spiro atoms. The van der Waals surface area contributed by atoms with Crippen molar-refractivity contribution in [3.8, 4) is 0 Å². The molecule has 6 nitrogen and oxygen atoms in total. The Bertz CT molecular complexity index is 647. The fourth-order valence-corrected chi connectivity index (χ4v) is 2.01. The maximum Gasteiger partial charge on any atom is 0.361 e. The number of para-hydroxylation sites is 2. The number of hydrogen-bond donors (Lipinski definition) is 2. The maximum atomic E-state index is 12.0. The van der Waals surface area contributed by atoms with Crippen LogP contribution in [-0.4, -0.2) is 19.0 Å². The average Bonchev–Trinajstić information content (AvgIpc) is 2.39. The molecule has 0 aromatic heterocycles.